The summed E-state index contributed by atoms with van der Waals surface area (Å²) in [4.78, 5) is 24.4. The number of esters is 1. The van der Waals surface area contributed by atoms with E-state index in [4.69, 9.17) is 4.74 Å². The third-order valence-electron chi connectivity index (χ3n) is 4.88. The Morgan fingerprint density at radius 3 is 2.30 bits per heavy atom. The van der Waals surface area contributed by atoms with E-state index in [1.165, 1.54) is 4.31 Å². The van der Waals surface area contributed by atoms with Crippen LogP contribution < -0.4 is 9.62 Å². The van der Waals surface area contributed by atoms with Gasteiger partial charge in [-0.1, -0.05) is 13.3 Å². The van der Waals surface area contributed by atoms with Crippen molar-refractivity contribution in [3.8, 4) is 0 Å². The van der Waals surface area contributed by atoms with E-state index >= 15 is 0 Å². The van der Waals surface area contributed by atoms with E-state index in [-0.39, 0.29) is 17.6 Å². The number of nitrogens with one attached hydrogen (secondary N) is 1. The number of ether oxygens (including phenoxy) is 1. The van der Waals surface area contributed by atoms with Gasteiger partial charge in [0.15, 0.2) is 0 Å². The lowest BCUT2D eigenvalue weighted by molar-refractivity contribution is 0.0499. The predicted octanol–water partition coefficient (Wildman–Crippen LogP) is 3.83. The van der Waals surface area contributed by atoms with Crippen molar-refractivity contribution in [3.63, 3.8) is 0 Å². The number of anilines is 2. The van der Waals surface area contributed by atoms with Crippen molar-refractivity contribution >= 4 is 33.3 Å². The molecule has 1 amide bonds. The summed E-state index contributed by atoms with van der Waals surface area (Å²) in [5.41, 5.74) is 1.96. The molecule has 30 heavy (non-hydrogen) atoms. The SMILES string of the molecule is CCCCOC(=O)c1ccc(NC(=O)c2ccc(N3CCCCS3(=O)=O)cc2)cc1. The first-order chi connectivity index (χ1) is 14.4. The molecule has 3 rings (SSSR count). The molecule has 1 fully saturated rings. The van der Waals surface area contributed by atoms with Crippen molar-refractivity contribution in [1.82, 2.24) is 0 Å². The standard InChI is InChI=1S/C22H26N2O5S/c1-2-3-15-29-22(26)18-6-10-19(11-7-18)23-21(25)17-8-12-20(13-9-17)24-14-4-5-16-30(24,27)28/h6-13H,2-5,14-16H2,1H3,(H,23,25). The fourth-order valence-corrected chi connectivity index (χ4v) is 4.78. The monoisotopic (exact) mass is 430 g/mol. The van der Waals surface area contributed by atoms with E-state index in [0.717, 1.165) is 19.3 Å². The Labute approximate surface area is 177 Å². The second-order valence-electron chi connectivity index (χ2n) is 7.16. The molecule has 1 aliphatic heterocycles. The van der Waals surface area contributed by atoms with Gasteiger partial charge in [-0.3, -0.25) is 9.10 Å². The Balaban J connectivity index is 1.61. The van der Waals surface area contributed by atoms with Gasteiger partial charge >= 0.3 is 5.97 Å². The molecule has 1 saturated heterocycles. The van der Waals surface area contributed by atoms with Gasteiger partial charge in [-0.2, -0.15) is 0 Å². The van der Waals surface area contributed by atoms with Gasteiger partial charge in [-0.25, -0.2) is 13.2 Å². The van der Waals surface area contributed by atoms with Crippen molar-refractivity contribution in [2.75, 3.05) is 28.5 Å². The fraction of sp³-hybridized carbons (Fsp3) is 0.364. The Hall–Kier alpha value is -2.87. The van der Waals surface area contributed by atoms with Crippen LogP contribution in [0.2, 0.25) is 0 Å². The topological polar surface area (TPSA) is 92.8 Å². The van der Waals surface area contributed by atoms with Crippen molar-refractivity contribution in [2.24, 2.45) is 0 Å². The molecule has 8 heteroatoms. The lowest BCUT2D eigenvalue weighted by Gasteiger charge is -2.28. The van der Waals surface area contributed by atoms with Crippen LogP contribution in [0.1, 0.15) is 53.3 Å². The van der Waals surface area contributed by atoms with Gasteiger partial charge in [0.2, 0.25) is 10.0 Å². The van der Waals surface area contributed by atoms with E-state index in [9.17, 15) is 18.0 Å². The molecule has 2 aromatic rings. The van der Waals surface area contributed by atoms with Crippen LogP contribution in [-0.2, 0) is 14.8 Å². The number of nitrogens with zero attached hydrogens (tertiary/aromatic N) is 1. The Bertz CT molecular complexity index is 985. The summed E-state index contributed by atoms with van der Waals surface area (Å²) < 4.78 is 31.0. The maximum absolute atomic E-state index is 12.5. The molecule has 1 aliphatic rings. The number of unbranched alkanes of at least 4 members (excludes halogenated alkanes) is 1. The molecular weight excluding hydrogens is 404 g/mol. The minimum absolute atomic E-state index is 0.150. The highest BCUT2D eigenvalue weighted by molar-refractivity contribution is 7.92. The maximum Gasteiger partial charge on any atom is 0.338 e. The van der Waals surface area contributed by atoms with E-state index in [2.05, 4.69) is 5.32 Å². The van der Waals surface area contributed by atoms with Gasteiger partial charge in [0.05, 0.1) is 23.6 Å². The molecular formula is C22H26N2O5S. The van der Waals surface area contributed by atoms with E-state index in [1.807, 2.05) is 6.92 Å². The van der Waals surface area contributed by atoms with Crippen LogP contribution in [0.4, 0.5) is 11.4 Å². The van der Waals surface area contributed by atoms with Gasteiger partial charge in [0.25, 0.3) is 5.91 Å². The molecule has 0 atom stereocenters. The minimum atomic E-state index is -3.28. The van der Waals surface area contributed by atoms with E-state index in [0.29, 0.717) is 42.1 Å². The normalized spacial score (nSPS) is 15.4. The highest BCUT2D eigenvalue weighted by Gasteiger charge is 2.26. The van der Waals surface area contributed by atoms with Crippen molar-refractivity contribution < 1.29 is 22.7 Å². The Morgan fingerprint density at radius 2 is 1.67 bits per heavy atom. The summed E-state index contributed by atoms with van der Waals surface area (Å²) in [7, 11) is -3.28. The number of amides is 1. The van der Waals surface area contributed by atoms with Crippen molar-refractivity contribution in [2.45, 2.75) is 32.6 Å². The van der Waals surface area contributed by atoms with Crippen LogP contribution in [0.15, 0.2) is 48.5 Å². The molecule has 7 nitrogen and oxygen atoms in total. The lowest BCUT2D eigenvalue weighted by Crippen LogP contribution is -2.37. The summed E-state index contributed by atoms with van der Waals surface area (Å²) in [6, 6.07) is 13.0. The van der Waals surface area contributed by atoms with E-state index in [1.54, 1.807) is 48.5 Å². The van der Waals surface area contributed by atoms with Crippen molar-refractivity contribution in [1.29, 1.82) is 0 Å². The average Bonchev–Trinajstić information content (AvgIpc) is 2.74. The molecule has 160 valence electrons. The molecule has 0 bridgehead atoms. The summed E-state index contributed by atoms with van der Waals surface area (Å²) in [5, 5.41) is 2.77. The zero-order valence-corrected chi connectivity index (χ0v) is 17.8. The second-order valence-corrected chi connectivity index (χ2v) is 9.18. The third kappa shape index (κ3) is 5.38. The molecule has 1 heterocycles. The first kappa shape index (κ1) is 21.8. The smallest absolute Gasteiger partial charge is 0.338 e. The van der Waals surface area contributed by atoms with Gasteiger partial charge in [0, 0.05) is 17.8 Å². The van der Waals surface area contributed by atoms with E-state index < -0.39 is 10.0 Å². The number of carbonyl (C=O) groups excluding carboxylic acids is 2. The molecule has 0 aliphatic carbocycles. The lowest BCUT2D eigenvalue weighted by atomic mass is 10.1. The van der Waals surface area contributed by atoms with Crippen molar-refractivity contribution in [3.05, 3.63) is 59.7 Å². The highest BCUT2D eigenvalue weighted by atomic mass is 32.2. The van der Waals surface area contributed by atoms with Crippen LogP contribution >= 0.6 is 0 Å². The molecule has 0 saturated carbocycles. The molecule has 0 unspecified atom stereocenters. The summed E-state index contributed by atoms with van der Waals surface area (Å²) in [6.45, 7) is 2.87. The number of hydrogen-bond acceptors (Lipinski definition) is 5. The van der Waals surface area contributed by atoms with Gasteiger partial charge < -0.3 is 10.1 Å². The largest absolute Gasteiger partial charge is 0.462 e. The summed E-state index contributed by atoms with van der Waals surface area (Å²) in [6.07, 6.45) is 3.27. The van der Waals surface area contributed by atoms with Crippen LogP contribution in [0, 0.1) is 0 Å². The number of rotatable bonds is 7. The third-order valence-corrected chi connectivity index (χ3v) is 6.75. The number of carbonyl (C=O) groups is 2. The first-order valence-corrected chi connectivity index (χ1v) is 11.7. The van der Waals surface area contributed by atoms with Gasteiger partial charge in [-0.05, 0) is 67.8 Å². The maximum atomic E-state index is 12.5. The number of sulfonamides is 1. The first-order valence-electron chi connectivity index (χ1n) is 10.1. The van der Waals surface area contributed by atoms with Gasteiger partial charge in [0.1, 0.15) is 0 Å². The van der Waals surface area contributed by atoms with Crippen LogP contribution in [0.25, 0.3) is 0 Å². The zero-order valence-electron chi connectivity index (χ0n) is 17.0. The molecule has 1 N–H and O–H groups in total. The van der Waals surface area contributed by atoms with Crippen LogP contribution in [0.3, 0.4) is 0 Å². The number of hydrogen-bond donors (Lipinski definition) is 1. The Kier molecular flexibility index (Phi) is 7.10. The molecule has 2 aromatic carbocycles. The zero-order chi connectivity index (χ0) is 21.6. The second kappa shape index (κ2) is 9.75. The molecule has 0 radical (unpaired) electrons. The van der Waals surface area contributed by atoms with Crippen LogP contribution in [-0.4, -0.2) is 39.2 Å². The summed E-state index contributed by atoms with van der Waals surface area (Å²) >= 11 is 0. The fourth-order valence-electron chi connectivity index (χ4n) is 3.14. The average molecular weight is 431 g/mol. The highest BCUT2D eigenvalue weighted by Crippen LogP contribution is 2.24. The molecule has 0 aromatic heterocycles. The number of benzene rings is 2. The Morgan fingerprint density at radius 1 is 1.00 bits per heavy atom. The quantitative estimate of drug-likeness (QED) is 0.532. The molecule has 0 spiro atoms. The van der Waals surface area contributed by atoms with Gasteiger partial charge in [-0.15, -0.1) is 0 Å². The minimum Gasteiger partial charge on any atom is -0.462 e. The van der Waals surface area contributed by atoms with Crippen LogP contribution in [0.5, 0.6) is 0 Å². The predicted molar refractivity (Wildman–Crippen MR) is 116 cm³/mol. The summed E-state index contributed by atoms with van der Waals surface area (Å²) in [5.74, 6) is -0.553.